The van der Waals surface area contributed by atoms with Crippen LogP contribution in [0.1, 0.15) is 10.5 Å². The summed E-state index contributed by atoms with van der Waals surface area (Å²) >= 11 is 0. The van der Waals surface area contributed by atoms with Crippen LogP contribution < -0.4 is 0 Å². The molecule has 0 fully saturated rings. The Balaban J connectivity index is 2.73. The van der Waals surface area contributed by atoms with Gasteiger partial charge in [-0.2, -0.15) is 0 Å². The number of carboxylic acid groups (broad SMARTS) is 1. The van der Waals surface area contributed by atoms with Crippen LogP contribution in [0.25, 0.3) is 11.3 Å². The van der Waals surface area contributed by atoms with Gasteiger partial charge in [0, 0.05) is 5.56 Å². The van der Waals surface area contributed by atoms with E-state index in [1.807, 2.05) is 0 Å². The highest BCUT2D eigenvalue weighted by Crippen LogP contribution is 2.28. The largest absolute Gasteiger partial charge is 0.476 e. The smallest absolute Gasteiger partial charge is 0.358 e. The van der Waals surface area contributed by atoms with Crippen molar-refractivity contribution in [1.29, 1.82) is 0 Å². The zero-order valence-electron chi connectivity index (χ0n) is 9.98. The monoisotopic (exact) mass is 283 g/mol. The third-order valence-electron chi connectivity index (χ3n) is 2.53. The Morgan fingerprint density at radius 1 is 1.35 bits per heavy atom. The van der Waals surface area contributed by atoms with E-state index in [9.17, 15) is 18.0 Å². The minimum Gasteiger partial charge on any atom is -0.476 e. The lowest BCUT2D eigenvalue weighted by Gasteiger charge is -2.07. The lowest BCUT2D eigenvalue weighted by Crippen LogP contribution is -2.06. The molecule has 0 unspecified atom stereocenters. The number of aromatic nitrogens is 3. The first-order valence-electron chi connectivity index (χ1n) is 5.39. The van der Waals surface area contributed by atoms with Gasteiger partial charge in [0.1, 0.15) is 5.69 Å². The number of rotatable bonds is 4. The zero-order chi connectivity index (χ0) is 14.9. The van der Waals surface area contributed by atoms with Crippen molar-refractivity contribution in [2.45, 2.75) is 6.54 Å². The summed E-state index contributed by atoms with van der Waals surface area (Å²) < 4.78 is 41.0. The summed E-state index contributed by atoms with van der Waals surface area (Å²) in [7, 11) is 0. The van der Waals surface area contributed by atoms with Gasteiger partial charge in [-0.25, -0.2) is 22.6 Å². The third kappa shape index (κ3) is 2.15. The molecule has 2 aromatic rings. The molecule has 1 aromatic heterocycles. The summed E-state index contributed by atoms with van der Waals surface area (Å²) in [6, 6.07) is 1.63. The molecule has 1 aromatic carbocycles. The van der Waals surface area contributed by atoms with E-state index in [-0.39, 0.29) is 12.2 Å². The van der Waals surface area contributed by atoms with Crippen molar-refractivity contribution < 1.29 is 23.1 Å². The molecule has 2 rings (SSSR count). The Morgan fingerprint density at radius 3 is 2.65 bits per heavy atom. The van der Waals surface area contributed by atoms with Gasteiger partial charge in [0.25, 0.3) is 0 Å². The van der Waals surface area contributed by atoms with Gasteiger partial charge in [-0.3, -0.25) is 0 Å². The molecule has 0 saturated carbocycles. The molecule has 20 heavy (non-hydrogen) atoms. The van der Waals surface area contributed by atoms with Crippen molar-refractivity contribution in [3.8, 4) is 11.3 Å². The van der Waals surface area contributed by atoms with Gasteiger partial charge in [-0.1, -0.05) is 11.3 Å². The summed E-state index contributed by atoms with van der Waals surface area (Å²) in [4.78, 5) is 11.0. The van der Waals surface area contributed by atoms with Crippen LogP contribution in [0.15, 0.2) is 24.8 Å². The molecular formula is C12H8F3N3O2. The number of halogens is 3. The number of carboxylic acids is 1. The summed E-state index contributed by atoms with van der Waals surface area (Å²) in [6.45, 7) is 3.47. The second-order valence-corrected chi connectivity index (χ2v) is 3.79. The van der Waals surface area contributed by atoms with Crippen LogP contribution in [0.5, 0.6) is 0 Å². The van der Waals surface area contributed by atoms with Gasteiger partial charge in [0.15, 0.2) is 23.1 Å². The SMILES string of the molecule is C=CCn1nnc(C(=O)O)c1-c1ccc(F)c(F)c1F. The van der Waals surface area contributed by atoms with Crippen molar-refractivity contribution in [3.63, 3.8) is 0 Å². The van der Waals surface area contributed by atoms with E-state index in [0.717, 1.165) is 10.7 Å². The Hall–Kier alpha value is -2.64. The minimum absolute atomic E-state index is 0.0358. The molecule has 0 radical (unpaired) electrons. The van der Waals surface area contributed by atoms with E-state index in [1.54, 1.807) is 0 Å². The Labute approximate surface area is 111 Å². The first-order valence-corrected chi connectivity index (χ1v) is 5.39. The Kier molecular flexibility index (Phi) is 3.55. The number of nitrogens with zero attached hydrogens (tertiary/aromatic N) is 3. The Morgan fingerprint density at radius 2 is 2.05 bits per heavy atom. The van der Waals surface area contributed by atoms with Gasteiger partial charge >= 0.3 is 5.97 Å². The van der Waals surface area contributed by atoms with Gasteiger partial charge in [-0.15, -0.1) is 11.7 Å². The molecular weight excluding hydrogens is 275 g/mol. The van der Waals surface area contributed by atoms with Crippen molar-refractivity contribution in [2.75, 3.05) is 0 Å². The van der Waals surface area contributed by atoms with Gasteiger partial charge in [0.2, 0.25) is 0 Å². The van der Waals surface area contributed by atoms with Crippen LogP contribution in [-0.4, -0.2) is 26.1 Å². The summed E-state index contributed by atoms with van der Waals surface area (Å²) in [6.07, 6.45) is 1.38. The average Bonchev–Trinajstić information content (AvgIpc) is 2.81. The molecule has 0 atom stereocenters. The highest BCUT2D eigenvalue weighted by molar-refractivity contribution is 5.92. The summed E-state index contributed by atoms with van der Waals surface area (Å²) in [5.41, 5.74) is -1.25. The molecule has 0 bridgehead atoms. The molecule has 8 heteroatoms. The molecule has 104 valence electrons. The zero-order valence-corrected chi connectivity index (χ0v) is 9.98. The molecule has 0 aliphatic carbocycles. The maximum absolute atomic E-state index is 13.8. The van der Waals surface area contributed by atoms with E-state index in [2.05, 4.69) is 16.9 Å². The molecule has 5 nitrogen and oxygen atoms in total. The standard InChI is InChI=1S/C12H8F3N3O2/c1-2-5-18-11(10(12(19)20)16-17-18)6-3-4-7(13)9(15)8(6)14/h2-4H,1,5H2,(H,19,20). The normalized spacial score (nSPS) is 10.6. The first kappa shape index (κ1) is 13.8. The minimum atomic E-state index is -1.69. The third-order valence-corrected chi connectivity index (χ3v) is 2.53. The molecule has 0 spiro atoms. The topological polar surface area (TPSA) is 68.0 Å². The highest BCUT2D eigenvalue weighted by Gasteiger charge is 2.25. The lowest BCUT2D eigenvalue weighted by atomic mass is 10.1. The quantitative estimate of drug-likeness (QED) is 0.690. The molecule has 0 aliphatic heterocycles. The van der Waals surface area contributed by atoms with Gasteiger partial charge in [-0.05, 0) is 12.1 Å². The molecule has 0 saturated heterocycles. The van der Waals surface area contributed by atoms with Crippen molar-refractivity contribution in [3.05, 3.63) is 47.9 Å². The predicted molar refractivity (Wildman–Crippen MR) is 62.5 cm³/mol. The number of aromatic carboxylic acids is 1. The first-order chi connectivity index (χ1) is 9.47. The van der Waals surface area contributed by atoms with Crippen LogP contribution in [0.3, 0.4) is 0 Å². The van der Waals surface area contributed by atoms with Gasteiger partial charge in [0.05, 0.1) is 6.54 Å². The van der Waals surface area contributed by atoms with Crippen molar-refractivity contribution >= 4 is 5.97 Å². The fourth-order valence-electron chi connectivity index (χ4n) is 1.68. The molecule has 1 N–H and O–H groups in total. The summed E-state index contributed by atoms with van der Waals surface area (Å²) in [5.74, 6) is -6.02. The van der Waals surface area contributed by atoms with Crippen LogP contribution in [-0.2, 0) is 6.54 Å². The molecule has 0 aliphatic rings. The molecule has 0 amide bonds. The lowest BCUT2D eigenvalue weighted by molar-refractivity contribution is 0.0691. The van der Waals surface area contributed by atoms with E-state index < -0.39 is 34.7 Å². The van der Waals surface area contributed by atoms with E-state index in [1.165, 1.54) is 6.08 Å². The fourth-order valence-corrected chi connectivity index (χ4v) is 1.68. The van der Waals surface area contributed by atoms with E-state index >= 15 is 0 Å². The van der Waals surface area contributed by atoms with Crippen LogP contribution in [0.2, 0.25) is 0 Å². The maximum atomic E-state index is 13.8. The number of hydrogen-bond acceptors (Lipinski definition) is 3. The number of allylic oxidation sites excluding steroid dienone is 1. The Bertz CT molecular complexity index is 697. The average molecular weight is 283 g/mol. The van der Waals surface area contributed by atoms with Crippen molar-refractivity contribution in [2.24, 2.45) is 0 Å². The molecule has 1 heterocycles. The number of hydrogen-bond donors (Lipinski definition) is 1. The second-order valence-electron chi connectivity index (χ2n) is 3.79. The van der Waals surface area contributed by atoms with Gasteiger partial charge < -0.3 is 5.11 Å². The van der Waals surface area contributed by atoms with E-state index in [0.29, 0.717) is 6.07 Å². The highest BCUT2D eigenvalue weighted by atomic mass is 19.2. The fraction of sp³-hybridized carbons (Fsp3) is 0.0833. The second kappa shape index (κ2) is 5.16. The van der Waals surface area contributed by atoms with Crippen LogP contribution in [0.4, 0.5) is 13.2 Å². The predicted octanol–water partition coefficient (Wildman–Crippen LogP) is 2.25. The van der Waals surface area contributed by atoms with E-state index in [4.69, 9.17) is 5.11 Å². The van der Waals surface area contributed by atoms with Crippen LogP contribution >= 0.6 is 0 Å². The number of carbonyl (C=O) groups is 1. The van der Waals surface area contributed by atoms with Crippen molar-refractivity contribution in [1.82, 2.24) is 15.0 Å². The maximum Gasteiger partial charge on any atom is 0.358 e. The summed E-state index contributed by atoms with van der Waals surface area (Å²) in [5, 5.41) is 15.9. The number of benzene rings is 1. The van der Waals surface area contributed by atoms with Crippen LogP contribution in [0, 0.1) is 17.5 Å².